The number of fused-ring (bicyclic) bond motifs is 1. The van der Waals surface area contributed by atoms with Crippen molar-refractivity contribution in [1.29, 1.82) is 0 Å². The Bertz CT molecular complexity index is 793. The van der Waals surface area contributed by atoms with Crippen LogP contribution in [0.1, 0.15) is 20.7 Å². The number of carbonyl (C=O) groups is 2. The van der Waals surface area contributed by atoms with Crippen LogP contribution in [0.5, 0.6) is 0 Å². The van der Waals surface area contributed by atoms with E-state index < -0.39 is 27.5 Å². The summed E-state index contributed by atoms with van der Waals surface area (Å²) in [4.78, 5) is 25.2. The molecule has 0 spiro atoms. The van der Waals surface area contributed by atoms with Gasteiger partial charge in [0.15, 0.2) is 9.84 Å². The topological polar surface area (TPSA) is 71.5 Å². The van der Waals surface area contributed by atoms with E-state index in [-0.39, 0.29) is 16.0 Å². The van der Waals surface area contributed by atoms with Crippen LogP contribution in [0.25, 0.3) is 0 Å². The van der Waals surface area contributed by atoms with Crippen molar-refractivity contribution < 1.29 is 18.0 Å². The SMILES string of the molecule is O=C1c2ccccc2C(=O)N1CS(=O)(=O)c1ccccc1. The van der Waals surface area contributed by atoms with Crippen molar-refractivity contribution in [2.24, 2.45) is 0 Å². The zero-order valence-electron chi connectivity index (χ0n) is 10.9. The Balaban J connectivity index is 1.94. The summed E-state index contributed by atoms with van der Waals surface area (Å²) in [6, 6.07) is 14.1. The Labute approximate surface area is 121 Å². The quantitative estimate of drug-likeness (QED) is 0.809. The smallest absolute Gasteiger partial charge is 0.262 e. The van der Waals surface area contributed by atoms with E-state index in [1.54, 1.807) is 30.3 Å². The fourth-order valence-electron chi connectivity index (χ4n) is 2.23. The molecule has 0 unspecified atom stereocenters. The molecule has 1 heterocycles. The fourth-order valence-corrected chi connectivity index (χ4v) is 3.52. The second kappa shape index (κ2) is 4.82. The largest absolute Gasteiger partial charge is 0.269 e. The molecule has 0 radical (unpaired) electrons. The third-order valence-electron chi connectivity index (χ3n) is 3.28. The fraction of sp³-hybridized carbons (Fsp3) is 0.0667. The van der Waals surface area contributed by atoms with Gasteiger partial charge in [0.05, 0.1) is 16.0 Å². The molecule has 3 rings (SSSR count). The molecule has 0 aromatic heterocycles. The molecule has 0 atom stereocenters. The zero-order valence-corrected chi connectivity index (χ0v) is 11.7. The second-order valence-electron chi connectivity index (χ2n) is 4.64. The lowest BCUT2D eigenvalue weighted by Gasteiger charge is -2.14. The van der Waals surface area contributed by atoms with E-state index in [2.05, 4.69) is 0 Å². The molecule has 6 heteroatoms. The highest BCUT2D eigenvalue weighted by Gasteiger charge is 2.37. The molecule has 2 aromatic rings. The molecule has 2 aromatic carbocycles. The number of carbonyl (C=O) groups excluding carboxylic acids is 2. The molecule has 2 amide bonds. The summed E-state index contributed by atoms with van der Waals surface area (Å²) in [6.45, 7) is 0. The predicted molar refractivity (Wildman–Crippen MR) is 75.4 cm³/mol. The molecule has 1 aliphatic rings. The third-order valence-corrected chi connectivity index (χ3v) is 4.87. The summed E-state index contributed by atoms with van der Waals surface area (Å²) in [7, 11) is -3.74. The van der Waals surface area contributed by atoms with Gasteiger partial charge in [-0.3, -0.25) is 14.5 Å². The van der Waals surface area contributed by atoms with Crippen molar-refractivity contribution >= 4 is 21.7 Å². The summed E-state index contributed by atoms with van der Waals surface area (Å²) >= 11 is 0. The van der Waals surface area contributed by atoms with Crippen LogP contribution in [0.4, 0.5) is 0 Å². The highest BCUT2D eigenvalue weighted by atomic mass is 32.2. The number of sulfone groups is 1. The van der Waals surface area contributed by atoms with Crippen LogP contribution in [-0.2, 0) is 9.84 Å². The van der Waals surface area contributed by atoms with Crippen molar-refractivity contribution in [3.63, 3.8) is 0 Å². The van der Waals surface area contributed by atoms with E-state index in [0.29, 0.717) is 0 Å². The van der Waals surface area contributed by atoms with Gasteiger partial charge in [-0.05, 0) is 24.3 Å². The van der Waals surface area contributed by atoms with Crippen LogP contribution in [0, 0.1) is 0 Å². The van der Waals surface area contributed by atoms with Crippen molar-refractivity contribution in [3.8, 4) is 0 Å². The molecule has 0 saturated heterocycles. The number of hydrogen-bond acceptors (Lipinski definition) is 4. The minimum atomic E-state index is -3.74. The van der Waals surface area contributed by atoms with Crippen LogP contribution in [-0.4, -0.2) is 31.0 Å². The van der Waals surface area contributed by atoms with Gasteiger partial charge in [0, 0.05) is 0 Å². The summed E-state index contributed by atoms with van der Waals surface area (Å²) in [5.41, 5.74) is 0.483. The van der Waals surface area contributed by atoms with Crippen molar-refractivity contribution in [2.75, 3.05) is 5.88 Å². The normalized spacial score (nSPS) is 14.4. The van der Waals surface area contributed by atoms with Gasteiger partial charge in [-0.15, -0.1) is 0 Å². The van der Waals surface area contributed by atoms with Crippen LogP contribution in [0.3, 0.4) is 0 Å². The van der Waals surface area contributed by atoms with Gasteiger partial charge in [-0.2, -0.15) is 0 Å². The van der Waals surface area contributed by atoms with Crippen molar-refractivity contribution in [1.82, 2.24) is 4.90 Å². The zero-order chi connectivity index (χ0) is 15.0. The monoisotopic (exact) mass is 301 g/mol. The molecule has 0 fully saturated rings. The first-order chi connectivity index (χ1) is 10.0. The average molecular weight is 301 g/mol. The molecule has 0 bridgehead atoms. The molecule has 0 N–H and O–H groups in total. The minimum absolute atomic E-state index is 0.0848. The summed E-state index contributed by atoms with van der Waals surface area (Å²) < 4.78 is 24.6. The summed E-state index contributed by atoms with van der Waals surface area (Å²) in [5, 5.41) is 0. The van der Waals surface area contributed by atoms with E-state index in [1.807, 2.05) is 0 Å². The maximum Gasteiger partial charge on any atom is 0.262 e. The van der Waals surface area contributed by atoms with Crippen LogP contribution >= 0.6 is 0 Å². The number of rotatable bonds is 3. The maximum atomic E-state index is 12.3. The summed E-state index contributed by atoms with van der Waals surface area (Å²) in [6.07, 6.45) is 0. The average Bonchev–Trinajstić information content (AvgIpc) is 2.74. The number of imide groups is 1. The Morgan fingerprint density at radius 3 is 1.76 bits per heavy atom. The molecule has 21 heavy (non-hydrogen) atoms. The van der Waals surface area contributed by atoms with E-state index in [0.717, 1.165) is 4.90 Å². The van der Waals surface area contributed by atoms with Crippen LogP contribution in [0.2, 0.25) is 0 Å². The molecule has 0 saturated carbocycles. The number of hydrogen-bond donors (Lipinski definition) is 0. The van der Waals surface area contributed by atoms with Gasteiger partial charge in [0.2, 0.25) is 0 Å². The van der Waals surface area contributed by atoms with Gasteiger partial charge in [0.1, 0.15) is 5.88 Å². The lowest BCUT2D eigenvalue weighted by Crippen LogP contribution is -2.34. The van der Waals surface area contributed by atoms with Gasteiger partial charge in [-0.1, -0.05) is 30.3 Å². The first-order valence-corrected chi connectivity index (χ1v) is 7.89. The molecule has 1 aliphatic heterocycles. The molecule has 5 nitrogen and oxygen atoms in total. The second-order valence-corrected chi connectivity index (χ2v) is 6.60. The molecular formula is C15H11NO4S. The first-order valence-electron chi connectivity index (χ1n) is 6.24. The summed E-state index contributed by atoms with van der Waals surface area (Å²) in [5.74, 6) is -1.80. The van der Waals surface area contributed by atoms with E-state index in [4.69, 9.17) is 0 Å². The number of benzene rings is 2. The predicted octanol–water partition coefficient (Wildman–Crippen LogP) is 1.71. The van der Waals surface area contributed by atoms with E-state index in [1.165, 1.54) is 24.3 Å². The van der Waals surface area contributed by atoms with Gasteiger partial charge in [-0.25, -0.2) is 8.42 Å². The van der Waals surface area contributed by atoms with Gasteiger partial charge < -0.3 is 0 Å². The first kappa shape index (κ1) is 13.5. The number of nitrogens with zero attached hydrogens (tertiary/aromatic N) is 1. The minimum Gasteiger partial charge on any atom is -0.269 e. The lowest BCUT2D eigenvalue weighted by atomic mass is 10.1. The Morgan fingerprint density at radius 1 is 0.762 bits per heavy atom. The number of amides is 2. The van der Waals surface area contributed by atoms with Crippen molar-refractivity contribution in [3.05, 3.63) is 65.7 Å². The Kier molecular flexibility index (Phi) is 3.10. The van der Waals surface area contributed by atoms with Gasteiger partial charge >= 0.3 is 0 Å². The molecular weight excluding hydrogens is 290 g/mol. The Morgan fingerprint density at radius 2 is 1.24 bits per heavy atom. The molecule has 0 aliphatic carbocycles. The molecule has 106 valence electrons. The standard InChI is InChI=1S/C15H11NO4S/c17-14-12-8-4-5-9-13(12)15(18)16(14)10-21(19,20)11-6-2-1-3-7-11/h1-9H,10H2. The lowest BCUT2D eigenvalue weighted by molar-refractivity contribution is 0.0680. The van der Waals surface area contributed by atoms with Crippen molar-refractivity contribution in [2.45, 2.75) is 4.90 Å². The van der Waals surface area contributed by atoms with E-state index >= 15 is 0 Å². The van der Waals surface area contributed by atoms with Gasteiger partial charge in [0.25, 0.3) is 11.8 Å². The maximum absolute atomic E-state index is 12.3. The third kappa shape index (κ3) is 2.23. The van der Waals surface area contributed by atoms with E-state index in [9.17, 15) is 18.0 Å². The van der Waals surface area contributed by atoms with Crippen LogP contribution < -0.4 is 0 Å². The Hall–Kier alpha value is -2.47. The highest BCUT2D eigenvalue weighted by Crippen LogP contribution is 2.24. The highest BCUT2D eigenvalue weighted by molar-refractivity contribution is 7.91. The van der Waals surface area contributed by atoms with Crippen LogP contribution in [0.15, 0.2) is 59.5 Å².